The fourth-order valence-electron chi connectivity index (χ4n) is 2.73. The lowest BCUT2D eigenvalue weighted by atomic mass is 10.1. The maximum Gasteiger partial charge on any atom is 0.236 e. The average molecular weight is 257 g/mol. The Kier molecular flexibility index (Phi) is 3.03. The van der Waals surface area contributed by atoms with Crippen LogP contribution in [0.4, 0.5) is 0 Å². The highest BCUT2D eigenvalue weighted by molar-refractivity contribution is 5.85. The molecule has 1 fully saturated rings. The Morgan fingerprint density at radius 2 is 2.21 bits per heavy atom. The van der Waals surface area contributed by atoms with Gasteiger partial charge in [-0.15, -0.1) is 0 Å². The van der Waals surface area contributed by atoms with E-state index in [9.17, 15) is 4.79 Å². The lowest BCUT2D eigenvalue weighted by molar-refractivity contribution is -0.132. The number of nitrogens with zero attached hydrogens (tertiary/aromatic N) is 2. The number of carbonyl (C=O) groups is 1. The molecular weight excluding hydrogens is 238 g/mol. The number of hydrogen-bond acceptors (Lipinski definition) is 2. The minimum Gasteiger partial charge on any atom is -0.350 e. The summed E-state index contributed by atoms with van der Waals surface area (Å²) in [6.07, 6.45) is 2.14. The smallest absolute Gasteiger partial charge is 0.236 e. The van der Waals surface area contributed by atoms with Gasteiger partial charge in [-0.1, -0.05) is 11.6 Å². The van der Waals surface area contributed by atoms with Gasteiger partial charge >= 0.3 is 0 Å². The number of fused-ring (bicyclic) bond motifs is 1. The molecule has 19 heavy (non-hydrogen) atoms. The maximum atomic E-state index is 11.9. The molecule has 1 aliphatic rings. The topological polar surface area (TPSA) is 37.3 Å². The zero-order chi connectivity index (χ0) is 13.4. The Morgan fingerprint density at radius 3 is 3.00 bits per heavy atom. The predicted molar refractivity (Wildman–Crippen MR) is 75.9 cm³/mol. The molecule has 0 saturated carbocycles. The second-order valence-corrected chi connectivity index (χ2v) is 5.28. The van der Waals surface area contributed by atoms with Crippen LogP contribution in [-0.2, 0) is 18.4 Å². The van der Waals surface area contributed by atoms with Crippen molar-refractivity contribution in [2.24, 2.45) is 7.05 Å². The third-order valence-electron chi connectivity index (χ3n) is 3.78. The summed E-state index contributed by atoms with van der Waals surface area (Å²) in [6, 6.07) is 6.48. The van der Waals surface area contributed by atoms with Crippen molar-refractivity contribution in [3.63, 3.8) is 0 Å². The lowest BCUT2D eigenvalue weighted by Gasteiger charge is -2.27. The van der Waals surface area contributed by atoms with E-state index in [1.165, 1.54) is 22.0 Å². The molecule has 0 unspecified atom stereocenters. The second kappa shape index (κ2) is 4.70. The summed E-state index contributed by atoms with van der Waals surface area (Å²) >= 11 is 0. The summed E-state index contributed by atoms with van der Waals surface area (Å²) in [7, 11) is 2.06. The highest BCUT2D eigenvalue weighted by atomic mass is 16.2. The molecule has 3 rings (SSSR count). The number of carbonyl (C=O) groups excluding carboxylic acids is 1. The predicted octanol–water partition coefficient (Wildman–Crippen LogP) is 1.42. The molecule has 100 valence electrons. The van der Waals surface area contributed by atoms with Gasteiger partial charge < -0.3 is 14.8 Å². The van der Waals surface area contributed by atoms with E-state index in [4.69, 9.17) is 0 Å². The summed E-state index contributed by atoms with van der Waals surface area (Å²) in [5.41, 5.74) is 3.71. The van der Waals surface area contributed by atoms with Crippen molar-refractivity contribution in [1.82, 2.24) is 14.8 Å². The van der Waals surface area contributed by atoms with Crippen LogP contribution in [0.3, 0.4) is 0 Å². The third kappa shape index (κ3) is 2.24. The zero-order valence-corrected chi connectivity index (χ0v) is 11.4. The van der Waals surface area contributed by atoms with Crippen molar-refractivity contribution in [3.8, 4) is 0 Å². The maximum absolute atomic E-state index is 11.9. The highest BCUT2D eigenvalue weighted by Crippen LogP contribution is 2.23. The van der Waals surface area contributed by atoms with Crippen LogP contribution in [0.1, 0.15) is 11.1 Å². The molecule has 1 amide bonds. The van der Waals surface area contributed by atoms with Crippen LogP contribution in [0.5, 0.6) is 0 Å². The van der Waals surface area contributed by atoms with Gasteiger partial charge in [0.25, 0.3) is 0 Å². The normalized spacial score (nSPS) is 16.3. The molecule has 1 saturated heterocycles. The summed E-state index contributed by atoms with van der Waals surface area (Å²) in [6.45, 7) is 4.95. The molecule has 1 N–H and O–H groups in total. The van der Waals surface area contributed by atoms with E-state index in [2.05, 4.69) is 48.3 Å². The van der Waals surface area contributed by atoms with Crippen LogP contribution in [0.2, 0.25) is 0 Å². The molecule has 4 nitrogen and oxygen atoms in total. The fraction of sp³-hybridized carbons (Fsp3) is 0.400. The molecule has 1 aromatic heterocycles. The van der Waals surface area contributed by atoms with E-state index in [1.807, 2.05) is 4.90 Å². The Hall–Kier alpha value is -1.81. The first-order valence-corrected chi connectivity index (χ1v) is 6.68. The Labute approximate surface area is 113 Å². The molecule has 0 aliphatic carbocycles. The number of nitrogens with one attached hydrogen (secondary N) is 1. The van der Waals surface area contributed by atoms with E-state index in [0.29, 0.717) is 13.1 Å². The molecule has 2 aromatic rings. The van der Waals surface area contributed by atoms with Crippen molar-refractivity contribution >= 4 is 16.8 Å². The van der Waals surface area contributed by atoms with E-state index in [1.54, 1.807) is 0 Å². The third-order valence-corrected chi connectivity index (χ3v) is 3.78. The second-order valence-electron chi connectivity index (χ2n) is 5.28. The molecule has 1 aliphatic heterocycles. The molecule has 2 heterocycles. The number of piperazine rings is 1. The van der Waals surface area contributed by atoms with Gasteiger partial charge in [0.1, 0.15) is 0 Å². The summed E-state index contributed by atoms with van der Waals surface area (Å²) in [5.74, 6) is 0.191. The quantitative estimate of drug-likeness (QED) is 0.883. The minimum atomic E-state index is 0.191. The monoisotopic (exact) mass is 257 g/mol. The summed E-state index contributed by atoms with van der Waals surface area (Å²) in [5, 5.41) is 4.36. The number of benzene rings is 1. The molecule has 4 heteroatoms. The van der Waals surface area contributed by atoms with E-state index in [-0.39, 0.29) is 5.91 Å². The zero-order valence-electron chi connectivity index (χ0n) is 11.4. The van der Waals surface area contributed by atoms with Crippen LogP contribution >= 0.6 is 0 Å². The van der Waals surface area contributed by atoms with Crippen molar-refractivity contribution in [1.29, 1.82) is 0 Å². The molecule has 0 atom stereocenters. The number of aromatic nitrogens is 1. The first-order chi connectivity index (χ1) is 9.15. The van der Waals surface area contributed by atoms with Gasteiger partial charge in [0.05, 0.1) is 6.54 Å². The van der Waals surface area contributed by atoms with Gasteiger partial charge in [-0.05, 0) is 24.6 Å². The van der Waals surface area contributed by atoms with Gasteiger partial charge in [-0.2, -0.15) is 0 Å². The van der Waals surface area contributed by atoms with Crippen molar-refractivity contribution in [2.45, 2.75) is 13.5 Å². The van der Waals surface area contributed by atoms with Gasteiger partial charge in [0.2, 0.25) is 5.91 Å². The van der Waals surface area contributed by atoms with Crippen molar-refractivity contribution in [2.75, 3.05) is 19.6 Å². The van der Waals surface area contributed by atoms with E-state index < -0.39 is 0 Å². The lowest BCUT2D eigenvalue weighted by Crippen LogP contribution is -2.47. The SMILES string of the molecule is Cc1ccc2c(c1)c(CN1CCNCC1=O)cn2C. The Morgan fingerprint density at radius 1 is 1.37 bits per heavy atom. The van der Waals surface area contributed by atoms with Crippen LogP contribution in [0, 0.1) is 6.92 Å². The highest BCUT2D eigenvalue weighted by Gasteiger charge is 2.19. The first kappa shape index (κ1) is 12.2. The number of rotatable bonds is 2. The van der Waals surface area contributed by atoms with Crippen LogP contribution < -0.4 is 5.32 Å². The van der Waals surface area contributed by atoms with Gasteiger partial charge in [-0.25, -0.2) is 0 Å². The van der Waals surface area contributed by atoms with E-state index >= 15 is 0 Å². The van der Waals surface area contributed by atoms with Crippen LogP contribution in [0.15, 0.2) is 24.4 Å². The largest absolute Gasteiger partial charge is 0.350 e. The van der Waals surface area contributed by atoms with Gasteiger partial charge in [0.15, 0.2) is 0 Å². The molecular formula is C15H19N3O. The molecule has 0 spiro atoms. The molecule has 0 bridgehead atoms. The summed E-state index contributed by atoms with van der Waals surface area (Å²) < 4.78 is 2.14. The standard InChI is InChI=1S/C15H19N3O/c1-11-3-4-14-13(7-11)12(9-17(14)2)10-18-6-5-16-8-15(18)19/h3-4,7,9,16H,5-6,8,10H2,1-2H3. The summed E-state index contributed by atoms with van der Waals surface area (Å²) in [4.78, 5) is 13.8. The average Bonchev–Trinajstić information content (AvgIpc) is 2.69. The van der Waals surface area contributed by atoms with Crippen molar-refractivity contribution in [3.05, 3.63) is 35.5 Å². The fourth-order valence-corrected chi connectivity index (χ4v) is 2.73. The first-order valence-electron chi connectivity index (χ1n) is 6.68. The van der Waals surface area contributed by atoms with Crippen LogP contribution in [0.25, 0.3) is 10.9 Å². The number of aryl methyl sites for hydroxylation is 2. The molecule has 1 aromatic carbocycles. The molecule has 0 radical (unpaired) electrons. The van der Waals surface area contributed by atoms with Crippen LogP contribution in [-0.4, -0.2) is 35.0 Å². The van der Waals surface area contributed by atoms with E-state index in [0.717, 1.165) is 13.1 Å². The van der Waals surface area contributed by atoms with Crippen molar-refractivity contribution < 1.29 is 4.79 Å². The number of amides is 1. The number of hydrogen-bond donors (Lipinski definition) is 1. The van der Waals surface area contributed by atoms with Gasteiger partial charge in [-0.3, -0.25) is 4.79 Å². The Bertz CT molecular complexity index is 630. The van der Waals surface area contributed by atoms with Gasteiger partial charge in [0, 0.05) is 43.8 Å². The minimum absolute atomic E-state index is 0.191. The Balaban J connectivity index is 1.96.